The molecule has 2 aromatic rings. The summed E-state index contributed by atoms with van der Waals surface area (Å²) in [5.74, 6) is -0.193. The molecule has 0 aliphatic heterocycles. The van der Waals surface area contributed by atoms with Gasteiger partial charge in [-0.25, -0.2) is 0 Å². The first-order chi connectivity index (χ1) is 11.9. The molecule has 0 bridgehead atoms. The lowest BCUT2D eigenvalue weighted by Crippen LogP contribution is -2.27. The van der Waals surface area contributed by atoms with E-state index in [2.05, 4.69) is 4.98 Å². The Labute approximate surface area is 147 Å². The van der Waals surface area contributed by atoms with Crippen LogP contribution in [0.4, 0.5) is 5.69 Å². The van der Waals surface area contributed by atoms with Crippen molar-refractivity contribution in [2.75, 3.05) is 19.0 Å². The van der Waals surface area contributed by atoms with Gasteiger partial charge in [0.25, 0.3) is 5.56 Å². The SMILES string of the molecule is CCc1c(C)[nH]c(=O)c(N(C)C)c1C(=O)c1cccc(/C=C/C#N)c1. The number of aromatic amines is 1. The highest BCUT2D eigenvalue weighted by molar-refractivity contribution is 6.13. The number of aromatic nitrogens is 1. The third-order valence-corrected chi connectivity index (χ3v) is 4.03. The molecule has 0 saturated heterocycles. The molecule has 0 saturated carbocycles. The highest BCUT2D eigenvalue weighted by Crippen LogP contribution is 2.25. The average Bonchev–Trinajstić information content (AvgIpc) is 2.58. The number of benzene rings is 1. The van der Waals surface area contributed by atoms with E-state index in [0.29, 0.717) is 28.9 Å². The number of hydrogen-bond donors (Lipinski definition) is 1. The summed E-state index contributed by atoms with van der Waals surface area (Å²) in [7, 11) is 3.50. The van der Waals surface area contributed by atoms with E-state index in [4.69, 9.17) is 5.26 Å². The van der Waals surface area contributed by atoms with Crippen LogP contribution in [-0.4, -0.2) is 24.9 Å². The molecule has 0 unspecified atom stereocenters. The number of carbonyl (C=O) groups excluding carboxylic acids is 1. The number of pyridine rings is 1. The standard InChI is InChI=1S/C20H21N3O2/c1-5-16-13(2)22-20(25)18(23(3)4)17(16)19(24)15-10-6-8-14(12-15)9-7-11-21/h6-10,12H,5H2,1-4H3,(H,22,25)/b9-7+. The zero-order valence-electron chi connectivity index (χ0n) is 14.9. The van der Waals surface area contributed by atoms with Crippen molar-refractivity contribution >= 4 is 17.5 Å². The summed E-state index contributed by atoms with van der Waals surface area (Å²) in [5, 5.41) is 8.66. The number of nitrogens with zero attached hydrogens (tertiary/aromatic N) is 2. The summed E-state index contributed by atoms with van der Waals surface area (Å²) in [6.07, 6.45) is 3.65. The lowest BCUT2D eigenvalue weighted by Gasteiger charge is -2.20. The van der Waals surface area contributed by atoms with Crippen LogP contribution in [0.5, 0.6) is 0 Å². The number of rotatable bonds is 5. The quantitative estimate of drug-likeness (QED) is 0.673. The zero-order valence-corrected chi connectivity index (χ0v) is 14.9. The fourth-order valence-corrected chi connectivity index (χ4v) is 2.92. The van der Waals surface area contributed by atoms with Crippen molar-refractivity contribution in [2.45, 2.75) is 20.3 Å². The van der Waals surface area contributed by atoms with E-state index in [1.54, 1.807) is 43.3 Å². The summed E-state index contributed by atoms with van der Waals surface area (Å²) in [5.41, 5.74) is 3.33. The van der Waals surface area contributed by atoms with E-state index in [1.165, 1.54) is 6.08 Å². The van der Waals surface area contributed by atoms with Crippen LogP contribution in [0.25, 0.3) is 6.08 Å². The lowest BCUT2D eigenvalue weighted by molar-refractivity contribution is 0.103. The molecule has 128 valence electrons. The normalized spacial score (nSPS) is 10.7. The van der Waals surface area contributed by atoms with E-state index in [1.807, 2.05) is 26.0 Å². The lowest BCUT2D eigenvalue weighted by atomic mass is 9.93. The first-order valence-electron chi connectivity index (χ1n) is 8.04. The molecule has 0 aliphatic rings. The predicted octanol–water partition coefficient (Wildman–Crippen LogP) is 3.08. The second-order valence-corrected chi connectivity index (χ2v) is 5.95. The molecule has 0 fully saturated rings. The van der Waals surface area contributed by atoms with Gasteiger partial charge in [0.1, 0.15) is 5.69 Å². The minimum Gasteiger partial charge on any atom is -0.373 e. The maximum atomic E-state index is 13.2. The summed E-state index contributed by atoms with van der Waals surface area (Å²) in [6.45, 7) is 3.77. The fourth-order valence-electron chi connectivity index (χ4n) is 2.92. The summed E-state index contributed by atoms with van der Waals surface area (Å²) in [6, 6.07) is 8.98. The number of carbonyl (C=O) groups is 1. The third kappa shape index (κ3) is 3.69. The smallest absolute Gasteiger partial charge is 0.272 e. The molecule has 1 heterocycles. The van der Waals surface area contributed by atoms with Gasteiger partial charge in [-0.3, -0.25) is 9.59 Å². The number of anilines is 1. The number of H-pyrrole nitrogens is 1. The molecule has 0 atom stereocenters. The first-order valence-corrected chi connectivity index (χ1v) is 8.04. The molecule has 0 amide bonds. The number of allylic oxidation sites excluding steroid dienone is 1. The molecular formula is C20H21N3O2. The Morgan fingerprint density at radius 1 is 1.36 bits per heavy atom. The molecule has 0 radical (unpaired) electrons. The Hall–Kier alpha value is -3.13. The van der Waals surface area contributed by atoms with E-state index in [-0.39, 0.29) is 11.3 Å². The predicted molar refractivity (Wildman–Crippen MR) is 100 cm³/mol. The van der Waals surface area contributed by atoms with Crippen molar-refractivity contribution in [2.24, 2.45) is 0 Å². The second kappa shape index (κ2) is 7.63. The molecule has 1 aromatic heterocycles. The van der Waals surface area contributed by atoms with Crippen molar-refractivity contribution in [1.29, 1.82) is 5.26 Å². The van der Waals surface area contributed by atoms with Gasteiger partial charge in [-0.15, -0.1) is 0 Å². The molecule has 1 N–H and O–H groups in total. The van der Waals surface area contributed by atoms with Gasteiger partial charge in [0.2, 0.25) is 0 Å². The van der Waals surface area contributed by atoms with Gasteiger partial charge in [0, 0.05) is 31.4 Å². The maximum absolute atomic E-state index is 13.2. The molecule has 25 heavy (non-hydrogen) atoms. The summed E-state index contributed by atoms with van der Waals surface area (Å²) >= 11 is 0. The highest BCUT2D eigenvalue weighted by Gasteiger charge is 2.23. The molecule has 1 aromatic carbocycles. The highest BCUT2D eigenvalue weighted by atomic mass is 16.1. The summed E-state index contributed by atoms with van der Waals surface area (Å²) < 4.78 is 0. The van der Waals surface area contributed by atoms with Gasteiger partial charge < -0.3 is 9.88 Å². The third-order valence-electron chi connectivity index (χ3n) is 4.03. The van der Waals surface area contributed by atoms with Crippen LogP contribution in [0.15, 0.2) is 35.1 Å². The summed E-state index contributed by atoms with van der Waals surface area (Å²) in [4.78, 5) is 30.1. The van der Waals surface area contributed by atoms with Crippen molar-refractivity contribution in [1.82, 2.24) is 4.98 Å². The number of ketones is 1. The van der Waals surface area contributed by atoms with Crippen LogP contribution >= 0.6 is 0 Å². The van der Waals surface area contributed by atoms with Crippen molar-refractivity contribution in [3.8, 4) is 6.07 Å². The van der Waals surface area contributed by atoms with Gasteiger partial charge >= 0.3 is 0 Å². The molecular weight excluding hydrogens is 314 g/mol. The molecule has 0 spiro atoms. The van der Waals surface area contributed by atoms with E-state index >= 15 is 0 Å². The van der Waals surface area contributed by atoms with Gasteiger partial charge in [-0.05, 0) is 36.6 Å². The van der Waals surface area contributed by atoms with Crippen LogP contribution in [0.2, 0.25) is 0 Å². The molecule has 5 nitrogen and oxygen atoms in total. The number of nitriles is 1. The Morgan fingerprint density at radius 3 is 2.68 bits per heavy atom. The molecule has 2 rings (SSSR count). The van der Waals surface area contributed by atoms with Gasteiger partial charge in [0.05, 0.1) is 11.6 Å². The Bertz CT molecular complexity index is 931. The first kappa shape index (κ1) is 18.2. The maximum Gasteiger partial charge on any atom is 0.272 e. The Morgan fingerprint density at radius 2 is 2.08 bits per heavy atom. The number of hydrogen-bond acceptors (Lipinski definition) is 4. The monoisotopic (exact) mass is 335 g/mol. The minimum atomic E-state index is -0.274. The van der Waals surface area contributed by atoms with Crippen molar-refractivity contribution in [3.05, 3.63) is 68.6 Å². The fraction of sp³-hybridized carbons (Fsp3) is 0.250. The van der Waals surface area contributed by atoms with E-state index in [9.17, 15) is 9.59 Å². The zero-order chi connectivity index (χ0) is 18.6. The van der Waals surface area contributed by atoms with Gasteiger partial charge in [-0.2, -0.15) is 5.26 Å². The second-order valence-electron chi connectivity index (χ2n) is 5.95. The number of aryl methyl sites for hydroxylation is 1. The van der Waals surface area contributed by atoms with Crippen LogP contribution in [0.1, 0.15) is 39.7 Å². The topological polar surface area (TPSA) is 77.0 Å². The van der Waals surface area contributed by atoms with Crippen molar-refractivity contribution < 1.29 is 4.79 Å². The van der Waals surface area contributed by atoms with Crippen LogP contribution in [0, 0.1) is 18.3 Å². The van der Waals surface area contributed by atoms with E-state index in [0.717, 1.165) is 11.1 Å². The molecule has 0 aliphatic carbocycles. The average molecular weight is 335 g/mol. The van der Waals surface area contributed by atoms with Crippen LogP contribution in [0.3, 0.4) is 0 Å². The van der Waals surface area contributed by atoms with Crippen LogP contribution < -0.4 is 10.5 Å². The Kier molecular flexibility index (Phi) is 5.56. The Balaban J connectivity index is 2.69. The minimum absolute atomic E-state index is 0.193. The van der Waals surface area contributed by atoms with Crippen LogP contribution in [-0.2, 0) is 6.42 Å². The van der Waals surface area contributed by atoms with Crippen molar-refractivity contribution in [3.63, 3.8) is 0 Å². The molecule has 5 heteroatoms. The van der Waals surface area contributed by atoms with Gasteiger partial charge in [-0.1, -0.05) is 25.1 Å². The van der Waals surface area contributed by atoms with E-state index < -0.39 is 0 Å². The largest absolute Gasteiger partial charge is 0.373 e. The number of nitrogens with one attached hydrogen (secondary N) is 1. The van der Waals surface area contributed by atoms with Gasteiger partial charge in [0.15, 0.2) is 5.78 Å².